The summed E-state index contributed by atoms with van der Waals surface area (Å²) in [6.07, 6.45) is 16.9. The summed E-state index contributed by atoms with van der Waals surface area (Å²) in [4.78, 5) is 0. The summed E-state index contributed by atoms with van der Waals surface area (Å²) in [5.41, 5.74) is 0. The first kappa shape index (κ1) is 17.8. The van der Waals surface area contributed by atoms with E-state index < -0.39 is 0 Å². The van der Waals surface area contributed by atoms with Crippen LogP contribution in [0.15, 0.2) is 24.3 Å². The van der Waals surface area contributed by atoms with Crippen molar-refractivity contribution in [1.82, 2.24) is 0 Å². The Balaban J connectivity index is 0. The average Bonchev–Trinajstić information content (AvgIpc) is 2.31. The first-order valence-corrected chi connectivity index (χ1v) is 6.74. The summed E-state index contributed by atoms with van der Waals surface area (Å²) < 4.78 is 0. The van der Waals surface area contributed by atoms with Crippen molar-refractivity contribution in [3.63, 3.8) is 0 Å². The predicted molar refractivity (Wildman–Crippen MR) is 74.7 cm³/mol. The fraction of sp³-hybridized carbons (Fsp3) is 0.733. The lowest BCUT2D eigenvalue weighted by Gasteiger charge is -1.83. The third-order valence-electron chi connectivity index (χ3n) is 2.00. The van der Waals surface area contributed by atoms with Gasteiger partial charge < -0.3 is 5.11 Å². The zero-order valence-electron chi connectivity index (χ0n) is 11.4. The molecule has 0 atom stereocenters. The molecule has 1 heteroatoms. The maximum Gasteiger partial charge on any atom is 0.0465 e. The van der Waals surface area contributed by atoms with E-state index in [9.17, 15) is 0 Å². The lowest BCUT2D eigenvalue weighted by molar-refractivity contribution is 0.302. The van der Waals surface area contributed by atoms with Crippen molar-refractivity contribution in [3.05, 3.63) is 24.3 Å². The Kier molecular flexibility index (Phi) is 22.2. The van der Waals surface area contributed by atoms with Gasteiger partial charge in [0.15, 0.2) is 0 Å². The molecule has 0 fully saturated rings. The van der Waals surface area contributed by atoms with Gasteiger partial charge in [-0.25, -0.2) is 0 Å². The van der Waals surface area contributed by atoms with Crippen LogP contribution in [0.25, 0.3) is 0 Å². The van der Waals surface area contributed by atoms with Gasteiger partial charge in [-0.15, -0.1) is 0 Å². The Bertz CT molecular complexity index is 114. The molecule has 0 bridgehead atoms. The molecule has 0 saturated carbocycles. The number of hydrogen-bond donors (Lipinski definition) is 1. The van der Waals surface area contributed by atoms with Gasteiger partial charge in [-0.1, -0.05) is 64.3 Å². The van der Waals surface area contributed by atoms with Crippen molar-refractivity contribution in [3.8, 4) is 0 Å². The molecule has 0 aromatic rings. The zero-order valence-corrected chi connectivity index (χ0v) is 11.4. The van der Waals surface area contributed by atoms with Gasteiger partial charge in [-0.2, -0.15) is 0 Å². The highest BCUT2D eigenvalue weighted by Gasteiger charge is 1.73. The van der Waals surface area contributed by atoms with E-state index >= 15 is 0 Å². The highest BCUT2D eigenvalue weighted by atomic mass is 16.2. The van der Waals surface area contributed by atoms with Gasteiger partial charge >= 0.3 is 0 Å². The Morgan fingerprint density at radius 2 is 0.938 bits per heavy atom. The molecule has 0 aliphatic rings. The molecule has 0 radical (unpaired) electrons. The lowest BCUT2D eigenvalue weighted by atomic mass is 10.2. The molecule has 0 amide bonds. The van der Waals surface area contributed by atoms with Crippen LogP contribution in [-0.4, -0.2) is 11.7 Å². The molecule has 0 aliphatic heterocycles. The number of unbranched alkanes of at least 4 members (excludes halogenated alkanes) is 3. The molecular formula is C15H30O. The Hall–Kier alpha value is -0.560. The van der Waals surface area contributed by atoms with Crippen LogP contribution in [0.5, 0.6) is 0 Å². The van der Waals surface area contributed by atoms with Gasteiger partial charge in [-0.3, -0.25) is 0 Å². The van der Waals surface area contributed by atoms with E-state index in [1.54, 1.807) is 0 Å². The summed E-state index contributed by atoms with van der Waals surface area (Å²) in [6, 6.07) is 0. The van der Waals surface area contributed by atoms with E-state index in [0.29, 0.717) is 0 Å². The summed E-state index contributed by atoms with van der Waals surface area (Å²) in [5, 5.41) is 8.31. The van der Waals surface area contributed by atoms with E-state index in [-0.39, 0.29) is 6.61 Å². The molecule has 0 aromatic carbocycles. The van der Waals surface area contributed by atoms with Crippen molar-refractivity contribution >= 4 is 0 Å². The first-order valence-electron chi connectivity index (χ1n) is 6.74. The Morgan fingerprint density at radius 3 is 1.19 bits per heavy atom. The highest BCUT2D eigenvalue weighted by Crippen LogP contribution is 1.92. The summed E-state index contributed by atoms with van der Waals surface area (Å²) in [7, 11) is 0. The molecule has 0 saturated heterocycles. The third-order valence-corrected chi connectivity index (χ3v) is 2.00. The highest BCUT2D eigenvalue weighted by molar-refractivity contribution is 4.80. The fourth-order valence-electron chi connectivity index (χ4n) is 1.05. The Morgan fingerprint density at radius 1 is 0.625 bits per heavy atom. The monoisotopic (exact) mass is 226 g/mol. The van der Waals surface area contributed by atoms with Crippen LogP contribution in [0.1, 0.15) is 65.7 Å². The van der Waals surface area contributed by atoms with E-state index in [4.69, 9.17) is 5.11 Å². The smallest absolute Gasteiger partial charge is 0.0465 e. The van der Waals surface area contributed by atoms with E-state index in [0.717, 1.165) is 12.8 Å². The molecule has 1 nitrogen and oxygen atoms in total. The van der Waals surface area contributed by atoms with Gasteiger partial charge in [0, 0.05) is 6.61 Å². The minimum atomic E-state index is 0.278. The number of aliphatic hydroxyl groups is 1. The second kappa shape index (κ2) is 19.9. The molecule has 96 valence electrons. The van der Waals surface area contributed by atoms with Gasteiger partial charge in [0.25, 0.3) is 0 Å². The van der Waals surface area contributed by atoms with Gasteiger partial charge in [-0.05, 0) is 25.7 Å². The molecule has 0 unspecified atom stereocenters. The zero-order chi connectivity index (χ0) is 12.5. The lowest BCUT2D eigenvalue weighted by Crippen LogP contribution is -1.74. The number of hydrogen-bond acceptors (Lipinski definition) is 1. The van der Waals surface area contributed by atoms with Crippen LogP contribution in [0, 0.1) is 0 Å². The van der Waals surface area contributed by atoms with Crippen molar-refractivity contribution in [2.75, 3.05) is 6.61 Å². The fourth-order valence-corrected chi connectivity index (χ4v) is 1.05. The summed E-state index contributed by atoms with van der Waals surface area (Å²) in [6.45, 7) is 6.83. The van der Waals surface area contributed by atoms with Crippen molar-refractivity contribution in [2.45, 2.75) is 65.7 Å². The maximum atomic E-state index is 8.31. The molecule has 0 spiro atoms. The number of rotatable bonds is 8. The SMILES string of the molecule is CCC/C=C/CCO.CCC/C=C\CCC. The average molecular weight is 226 g/mol. The van der Waals surface area contributed by atoms with Gasteiger partial charge in [0.1, 0.15) is 0 Å². The third kappa shape index (κ3) is 23.3. The van der Waals surface area contributed by atoms with Crippen molar-refractivity contribution < 1.29 is 5.11 Å². The Labute approximate surface area is 102 Å². The topological polar surface area (TPSA) is 20.2 Å². The van der Waals surface area contributed by atoms with Crippen LogP contribution in [0.4, 0.5) is 0 Å². The van der Waals surface area contributed by atoms with Crippen LogP contribution >= 0.6 is 0 Å². The van der Waals surface area contributed by atoms with E-state index in [2.05, 4.69) is 39.0 Å². The number of allylic oxidation sites excluding steroid dienone is 3. The van der Waals surface area contributed by atoms with Crippen LogP contribution in [-0.2, 0) is 0 Å². The molecule has 0 aromatic heterocycles. The normalized spacial score (nSPS) is 10.8. The van der Waals surface area contributed by atoms with Crippen LogP contribution in [0.3, 0.4) is 0 Å². The van der Waals surface area contributed by atoms with Crippen LogP contribution in [0.2, 0.25) is 0 Å². The number of aliphatic hydroxyl groups excluding tert-OH is 1. The first-order chi connectivity index (χ1) is 7.83. The van der Waals surface area contributed by atoms with Crippen molar-refractivity contribution in [1.29, 1.82) is 0 Å². The minimum Gasteiger partial charge on any atom is -0.396 e. The summed E-state index contributed by atoms with van der Waals surface area (Å²) >= 11 is 0. The maximum absolute atomic E-state index is 8.31. The predicted octanol–water partition coefficient (Wildman–Crippen LogP) is 4.87. The minimum absolute atomic E-state index is 0.278. The molecular weight excluding hydrogens is 196 g/mol. The molecule has 16 heavy (non-hydrogen) atoms. The molecule has 0 heterocycles. The molecule has 0 rings (SSSR count). The summed E-state index contributed by atoms with van der Waals surface area (Å²) in [5.74, 6) is 0. The largest absolute Gasteiger partial charge is 0.396 e. The van der Waals surface area contributed by atoms with Crippen molar-refractivity contribution in [2.24, 2.45) is 0 Å². The second-order valence-electron chi connectivity index (χ2n) is 3.82. The quantitative estimate of drug-likeness (QED) is 0.585. The molecule has 0 aliphatic carbocycles. The second-order valence-corrected chi connectivity index (χ2v) is 3.82. The molecule has 1 N–H and O–H groups in total. The van der Waals surface area contributed by atoms with Crippen LogP contribution < -0.4 is 0 Å². The van der Waals surface area contributed by atoms with Gasteiger partial charge in [0.05, 0.1) is 0 Å². The van der Waals surface area contributed by atoms with E-state index in [1.165, 1.54) is 32.1 Å². The van der Waals surface area contributed by atoms with E-state index in [1.807, 2.05) is 6.08 Å². The van der Waals surface area contributed by atoms with Gasteiger partial charge in [0.2, 0.25) is 0 Å². The standard InChI is InChI=1S/C8H16.C7H14O/c1-3-5-7-8-6-4-2;1-2-3-4-5-6-7-8/h7-8H,3-6H2,1-2H3;4-5,8H,2-3,6-7H2,1H3/b8-7-;5-4+.